The third kappa shape index (κ3) is 9.48. The fraction of sp³-hybridized carbons (Fsp3) is 1.00. The molecule has 0 aliphatic heterocycles. The molecule has 0 fully saturated rings. The Morgan fingerprint density at radius 2 is 0.720 bits per heavy atom. The molecule has 0 aliphatic rings. The van der Waals surface area contributed by atoms with Crippen molar-refractivity contribution in [2.75, 3.05) is 12.3 Å². The summed E-state index contributed by atoms with van der Waals surface area (Å²) in [6.07, 6.45) is -3.77. The van der Waals surface area contributed by atoms with E-state index >= 15 is 0 Å². The highest BCUT2D eigenvalue weighted by Crippen LogP contribution is 2.65. The molecule has 0 aromatic rings. The van der Waals surface area contributed by atoms with Gasteiger partial charge in [0.25, 0.3) is 0 Å². The maximum Gasteiger partial charge on any atom is 0.330 e. The molecule has 0 aliphatic carbocycles. The Kier molecular flexibility index (Phi) is 8.25. The smallest absolute Gasteiger partial charge is 0.324 e. The maximum atomic E-state index is 11.6. The molecule has 0 heterocycles. The Bertz CT molecular complexity index is 648. The van der Waals surface area contributed by atoms with E-state index in [1.54, 1.807) is 0 Å². The van der Waals surface area contributed by atoms with Crippen LogP contribution >= 0.6 is 38.0 Å². The molecule has 0 aromatic carbocycles. The molecule has 152 valence electrons. The monoisotopic (exact) mass is 472 g/mol. The average Bonchev–Trinajstić information content (AvgIpc) is 2.18. The van der Waals surface area contributed by atoms with E-state index in [-0.39, 0.29) is 0 Å². The first kappa shape index (κ1) is 25.8. The molecule has 0 spiro atoms. The molecule has 15 nitrogen and oxygen atoms in total. The molecule has 0 aromatic heterocycles. The van der Waals surface area contributed by atoms with E-state index in [9.17, 15) is 32.6 Å². The summed E-state index contributed by atoms with van der Waals surface area (Å²) < 4.78 is 56.5. The summed E-state index contributed by atoms with van der Waals surface area (Å²) in [6.45, 7) is 0. The van der Waals surface area contributed by atoms with Gasteiger partial charge in [0.1, 0.15) is 0 Å². The lowest BCUT2D eigenvalue weighted by atomic mass is 10.2. The van der Waals surface area contributed by atoms with Crippen molar-refractivity contribution in [1.82, 2.24) is 0 Å². The molecule has 0 radical (unpaired) electrons. The lowest BCUT2D eigenvalue weighted by Gasteiger charge is -2.34. The highest BCUT2D eigenvalue weighted by atomic mass is 31.2. The third-order valence-corrected chi connectivity index (χ3v) is 9.91. The second kappa shape index (κ2) is 8.01. The van der Waals surface area contributed by atoms with Gasteiger partial charge in [-0.3, -0.25) is 22.8 Å². The fourth-order valence-electron chi connectivity index (χ4n) is 2.02. The predicted octanol–water partition coefficient (Wildman–Crippen LogP) is -2.02. The zero-order valence-corrected chi connectivity index (χ0v) is 16.4. The van der Waals surface area contributed by atoms with E-state index in [0.29, 0.717) is 0 Å². The van der Waals surface area contributed by atoms with E-state index in [2.05, 4.69) is 0 Å². The van der Waals surface area contributed by atoms with Gasteiger partial charge < -0.3 is 48.9 Å². The van der Waals surface area contributed by atoms with Crippen molar-refractivity contribution in [3.63, 3.8) is 0 Å². The first-order valence-electron chi connectivity index (χ1n) is 5.80. The average molecular weight is 472 g/mol. The molecule has 0 bridgehead atoms. The first-order valence-corrected chi connectivity index (χ1v) is 14.4. The summed E-state index contributed by atoms with van der Waals surface area (Å²) in [5.74, 6) is 0. The van der Waals surface area contributed by atoms with Crippen molar-refractivity contribution in [2.24, 2.45) is 0 Å². The Morgan fingerprint density at radius 1 is 0.480 bits per heavy atom. The predicted molar refractivity (Wildman–Crippen MR) is 81.3 cm³/mol. The van der Waals surface area contributed by atoms with Crippen LogP contribution in [0.2, 0.25) is 0 Å². The minimum atomic E-state index is -5.92. The molecule has 2 unspecified atom stereocenters. The van der Waals surface area contributed by atoms with Crippen molar-refractivity contribution >= 4 is 38.0 Å². The van der Waals surface area contributed by atoms with Crippen molar-refractivity contribution in [3.05, 3.63) is 0 Å². The number of hydrogen-bond donors (Lipinski definition) is 10. The summed E-state index contributed by atoms with van der Waals surface area (Å²) in [7, 11) is -28.2. The molecule has 0 rings (SSSR count). The van der Waals surface area contributed by atoms with Gasteiger partial charge >= 0.3 is 38.0 Å². The number of hydrogen-bond acceptors (Lipinski definition) is 5. The van der Waals surface area contributed by atoms with Crippen LogP contribution in [0.25, 0.3) is 0 Å². The highest BCUT2D eigenvalue weighted by molar-refractivity contribution is 7.62. The molecule has 25 heavy (non-hydrogen) atoms. The van der Waals surface area contributed by atoms with E-state index in [1.807, 2.05) is 0 Å². The van der Waals surface area contributed by atoms with Gasteiger partial charge in [-0.15, -0.1) is 0 Å². The summed E-state index contributed by atoms with van der Waals surface area (Å²) in [5.41, 5.74) is -9.08. The third-order valence-electron chi connectivity index (χ3n) is 2.89. The molecule has 10 N–H and O–H groups in total. The van der Waals surface area contributed by atoms with Crippen LogP contribution in [0.5, 0.6) is 0 Å². The molecular formula is C5H17O15P5. The van der Waals surface area contributed by atoms with Crippen LogP contribution in [0.15, 0.2) is 0 Å². The van der Waals surface area contributed by atoms with Crippen LogP contribution in [0.4, 0.5) is 0 Å². The fourth-order valence-corrected chi connectivity index (χ4v) is 11.3. The van der Waals surface area contributed by atoms with Crippen LogP contribution in [0.3, 0.4) is 0 Å². The molecule has 0 saturated carbocycles. The quantitative estimate of drug-likeness (QED) is 0.162. The Labute approximate surface area is 139 Å². The van der Waals surface area contributed by atoms with E-state index in [0.717, 1.165) is 0 Å². The topological polar surface area (TPSA) is 288 Å². The zero-order valence-electron chi connectivity index (χ0n) is 11.9. The zero-order chi connectivity index (χ0) is 20.6. The van der Waals surface area contributed by atoms with Crippen LogP contribution in [-0.4, -0.2) is 78.2 Å². The lowest BCUT2D eigenvalue weighted by Crippen LogP contribution is -2.41. The first-order chi connectivity index (χ1) is 10.6. The Hall–Kier alpha value is 0.750. The molecular weight excluding hydrogens is 455 g/mol. The second-order valence-corrected chi connectivity index (χ2v) is 13.9. The van der Waals surface area contributed by atoms with Crippen molar-refractivity contribution in [2.45, 2.75) is 17.0 Å². The lowest BCUT2D eigenvalue weighted by molar-refractivity contribution is 0.306. The minimum Gasteiger partial charge on any atom is -0.324 e. The number of rotatable bonds is 9. The maximum absolute atomic E-state index is 11.6. The van der Waals surface area contributed by atoms with Gasteiger partial charge in [0.15, 0.2) is 0 Å². The largest absolute Gasteiger partial charge is 0.330 e. The summed E-state index contributed by atoms with van der Waals surface area (Å²) >= 11 is 0. The molecule has 0 saturated heterocycles. The van der Waals surface area contributed by atoms with Gasteiger partial charge in [0, 0.05) is 0 Å². The molecule has 0 amide bonds. The summed E-state index contributed by atoms with van der Waals surface area (Å²) in [4.78, 5) is 90.6. The Morgan fingerprint density at radius 3 is 0.840 bits per heavy atom. The molecule has 20 heteroatoms. The van der Waals surface area contributed by atoms with Crippen molar-refractivity contribution < 1.29 is 71.8 Å². The van der Waals surface area contributed by atoms with E-state index in [1.165, 1.54) is 0 Å². The van der Waals surface area contributed by atoms with Gasteiger partial charge in [-0.1, -0.05) is 0 Å². The van der Waals surface area contributed by atoms with Crippen LogP contribution < -0.4 is 0 Å². The van der Waals surface area contributed by atoms with Crippen molar-refractivity contribution in [3.8, 4) is 0 Å². The van der Waals surface area contributed by atoms with Gasteiger partial charge in [0.05, 0.1) is 29.3 Å². The van der Waals surface area contributed by atoms with Crippen LogP contribution in [-0.2, 0) is 22.8 Å². The summed E-state index contributed by atoms with van der Waals surface area (Å²) in [6, 6.07) is 0. The minimum absolute atomic E-state index is 1.88. The van der Waals surface area contributed by atoms with Gasteiger partial charge in [0.2, 0.25) is 0 Å². The standard InChI is InChI=1S/C5H17O15P5/c6-21(7,8)1-3(23(12,13)14)5(25(18,19)20)4(24(15,16)17)2-22(9,10)11/h3-5H,1-2H2,(H2,6,7,8)(H2,9,10,11)(H2,12,13,14)(H2,15,16,17)(H2,18,19,20). The van der Waals surface area contributed by atoms with Crippen LogP contribution in [0.1, 0.15) is 0 Å². The summed E-state index contributed by atoms with van der Waals surface area (Å²) in [5, 5.41) is 0. The SMILES string of the molecule is O=P(O)(O)CC(C(C(CP(=O)(O)O)P(=O)(O)O)P(=O)(O)O)P(=O)(O)O. The van der Waals surface area contributed by atoms with E-state index in [4.69, 9.17) is 39.1 Å². The van der Waals surface area contributed by atoms with Crippen LogP contribution in [0, 0.1) is 0 Å². The van der Waals surface area contributed by atoms with Gasteiger partial charge in [-0.2, -0.15) is 0 Å². The second-order valence-electron chi connectivity index (χ2n) is 5.09. The highest BCUT2D eigenvalue weighted by Gasteiger charge is 2.57. The molecule has 2 atom stereocenters. The van der Waals surface area contributed by atoms with Gasteiger partial charge in [-0.05, 0) is 0 Å². The van der Waals surface area contributed by atoms with E-state index < -0.39 is 67.3 Å². The van der Waals surface area contributed by atoms with Gasteiger partial charge in [-0.25, -0.2) is 0 Å². The van der Waals surface area contributed by atoms with Crippen molar-refractivity contribution in [1.29, 1.82) is 0 Å². The Balaban J connectivity index is 6.57. The normalized spacial score (nSPS) is 18.6.